The van der Waals surface area contributed by atoms with Gasteiger partial charge < -0.3 is 19.5 Å². The first-order valence-corrected chi connectivity index (χ1v) is 7.36. The van der Waals surface area contributed by atoms with E-state index in [9.17, 15) is 18.4 Å². The molecule has 132 valence electrons. The first kappa shape index (κ1) is 19.3. The predicted octanol–water partition coefficient (Wildman–Crippen LogP) is 2.77. The van der Waals surface area contributed by atoms with Gasteiger partial charge in [0.15, 0.2) is 6.04 Å². The Labute approximate surface area is 134 Å². The number of alkyl carbamates (subject to hydrolysis) is 1. The van der Waals surface area contributed by atoms with Crippen LogP contribution in [0.4, 0.5) is 13.6 Å². The van der Waals surface area contributed by atoms with Crippen molar-refractivity contribution < 1.29 is 32.6 Å². The molecule has 0 aromatic rings. The zero-order valence-electron chi connectivity index (χ0n) is 13.8. The maximum atomic E-state index is 12.9. The minimum atomic E-state index is -1.78. The fourth-order valence-corrected chi connectivity index (χ4v) is 2.17. The molecule has 0 spiro atoms. The van der Waals surface area contributed by atoms with Gasteiger partial charge in [-0.2, -0.15) is 8.78 Å². The van der Waals surface area contributed by atoms with Gasteiger partial charge in [0.2, 0.25) is 0 Å². The van der Waals surface area contributed by atoms with Crippen LogP contribution >= 0.6 is 0 Å². The monoisotopic (exact) mass is 335 g/mol. The van der Waals surface area contributed by atoms with Crippen LogP contribution in [0.2, 0.25) is 0 Å². The number of halogens is 2. The Bertz CT molecular complexity index is 469. The highest BCUT2D eigenvalue weighted by Crippen LogP contribution is 2.26. The van der Waals surface area contributed by atoms with E-state index in [1.165, 1.54) is 0 Å². The first-order valence-electron chi connectivity index (χ1n) is 7.36. The van der Waals surface area contributed by atoms with Gasteiger partial charge in [0.25, 0.3) is 6.08 Å². The summed E-state index contributed by atoms with van der Waals surface area (Å²) in [5.41, 5.74) is -0.835. The molecule has 0 aromatic carbocycles. The maximum Gasteiger partial charge on any atom is 0.408 e. The summed E-state index contributed by atoms with van der Waals surface area (Å²) in [4.78, 5) is 23.8. The van der Waals surface area contributed by atoms with Crippen molar-refractivity contribution >= 4 is 12.1 Å². The number of nitrogens with one attached hydrogen (secondary N) is 1. The lowest BCUT2D eigenvalue weighted by Gasteiger charge is -2.27. The van der Waals surface area contributed by atoms with Crippen molar-refractivity contribution in [2.45, 2.75) is 57.8 Å². The Hall–Kier alpha value is -1.70. The second kappa shape index (κ2) is 8.24. The molecule has 1 fully saturated rings. The Kier molecular flexibility index (Phi) is 6.93. The van der Waals surface area contributed by atoms with E-state index in [-0.39, 0.29) is 25.0 Å². The molecule has 1 N–H and O–H groups in total. The Morgan fingerprint density at radius 1 is 1.35 bits per heavy atom. The molecular formula is C15H23F2NO5. The molecule has 1 heterocycles. The molecule has 6 nitrogen and oxygen atoms in total. The van der Waals surface area contributed by atoms with Crippen LogP contribution < -0.4 is 5.32 Å². The number of esters is 1. The summed E-state index contributed by atoms with van der Waals surface area (Å²) >= 11 is 0. The minimum absolute atomic E-state index is 0.0765. The quantitative estimate of drug-likeness (QED) is 0.803. The summed E-state index contributed by atoms with van der Waals surface area (Å²) < 4.78 is 41.0. The fraction of sp³-hybridized carbons (Fsp3) is 0.733. The van der Waals surface area contributed by atoms with Crippen molar-refractivity contribution in [2.24, 2.45) is 0 Å². The molecule has 1 rings (SSSR count). The van der Waals surface area contributed by atoms with Crippen LogP contribution in [0.1, 0.15) is 40.0 Å². The summed E-state index contributed by atoms with van der Waals surface area (Å²) in [5, 5.41) is 2.35. The SMILES string of the molecule is COC(=O)C(NC(=O)OC(C)(C)C)C1CC(=C(F)F)CCCO1. The summed E-state index contributed by atoms with van der Waals surface area (Å²) in [7, 11) is 1.15. The highest BCUT2D eigenvalue weighted by Gasteiger charge is 2.35. The van der Waals surface area contributed by atoms with Gasteiger partial charge in [-0.25, -0.2) is 9.59 Å². The predicted molar refractivity (Wildman–Crippen MR) is 78.0 cm³/mol. The van der Waals surface area contributed by atoms with E-state index in [1.807, 2.05) is 0 Å². The van der Waals surface area contributed by atoms with Gasteiger partial charge in [-0.05, 0) is 39.2 Å². The third kappa shape index (κ3) is 6.52. The molecule has 2 atom stereocenters. The van der Waals surface area contributed by atoms with Crippen LogP contribution in [0.3, 0.4) is 0 Å². The molecule has 2 unspecified atom stereocenters. The normalized spacial score (nSPS) is 20.3. The van der Waals surface area contributed by atoms with E-state index >= 15 is 0 Å². The molecule has 0 saturated carbocycles. The van der Waals surface area contributed by atoms with Crippen molar-refractivity contribution in [3.8, 4) is 0 Å². The molecule has 1 aliphatic heterocycles. The van der Waals surface area contributed by atoms with E-state index < -0.39 is 35.9 Å². The number of hydrogen-bond donors (Lipinski definition) is 1. The van der Waals surface area contributed by atoms with Crippen molar-refractivity contribution in [1.82, 2.24) is 5.32 Å². The number of hydrogen-bond acceptors (Lipinski definition) is 5. The van der Waals surface area contributed by atoms with Crippen LogP contribution in [-0.2, 0) is 19.0 Å². The van der Waals surface area contributed by atoms with Crippen LogP contribution in [0.25, 0.3) is 0 Å². The Balaban J connectivity index is 2.90. The summed E-state index contributed by atoms with van der Waals surface area (Å²) in [5.74, 6) is -0.777. The average molecular weight is 335 g/mol. The second-order valence-corrected chi connectivity index (χ2v) is 6.23. The number of carbonyl (C=O) groups excluding carboxylic acids is 2. The van der Waals surface area contributed by atoms with Gasteiger partial charge in [-0.15, -0.1) is 0 Å². The topological polar surface area (TPSA) is 73.9 Å². The average Bonchev–Trinajstić information content (AvgIpc) is 2.68. The van der Waals surface area contributed by atoms with Crippen LogP contribution in [0.15, 0.2) is 11.7 Å². The maximum absolute atomic E-state index is 12.9. The Morgan fingerprint density at radius 3 is 2.52 bits per heavy atom. The number of amides is 1. The lowest BCUT2D eigenvalue weighted by molar-refractivity contribution is -0.147. The molecular weight excluding hydrogens is 312 g/mol. The van der Waals surface area contributed by atoms with Gasteiger partial charge >= 0.3 is 12.1 Å². The Morgan fingerprint density at radius 2 is 2.00 bits per heavy atom. The number of carbonyl (C=O) groups is 2. The van der Waals surface area contributed by atoms with Gasteiger partial charge in [-0.3, -0.25) is 0 Å². The molecule has 23 heavy (non-hydrogen) atoms. The lowest BCUT2D eigenvalue weighted by Crippen LogP contribution is -2.51. The number of ether oxygens (including phenoxy) is 3. The standard InChI is InChI=1S/C15H23F2NO5/c1-15(2,3)23-14(20)18-11(13(19)21-4)10-8-9(12(16)17)6-5-7-22-10/h10-11H,5-8H2,1-4H3,(H,18,20). The molecule has 0 aromatic heterocycles. The van der Waals surface area contributed by atoms with Crippen LogP contribution in [-0.4, -0.2) is 43.5 Å². The number of rotatable bonds is 3. The van der Waals surface area contributed by atoms with Crippen molar-refractivity contribution in [2.75, 3.05) is 13.7 Å². The van der Waals surface area contributed by atoms with Crippen LogP contribution in [0.5, 0.6) is 0 Å². The molecule has 0 bridgehead atoms. The van der Waals surface area contributed by atoms with E-state index in [0.717, 1.165) is 7.11 Å². The molecule has 0 aliphatic carbocycles. The second-order valence-electron chi connectivity index (χ2n) is 6.23. The molecule has 8 heteroatoms. The minimum Gasteiger partial charge on any atom is -0.467 e. The van der Waals surface area contributed by atoms with Crippen molar-refractivity contribution in [1.29, 1.82) is 0 Å². The molecule has 0 radical (unpaired) electrons. The lowest BCUT2D eigenvalue weighted by atomic mass is 10.0. The van der Waals surface area contributed by atoms with Crippen molar-refractivity contribution in [3.63, 3.8) is 0 Å². The number of methoxy groups -OCH3 is 1. The van der Waals surface area contributed by atoms with Crippen LogP contribution in [0, 0.1) is 0 Å². The summed E-state index contributed by atoms with van der Waals surface area (Å²) in [6.07, 6.45) is -3.09. The smallest absolute Gasteiger partial charge is 0.408 e. The zero-order valence-corrected chi connectivity index (χ0v) is 13.8. The first-order chi connectivity index (χ1) is 10.6. The summed E-state index contributed by atoms with van der Waals surface area (Å²) in [6.45, 7) is 5.22. The zero-order chi connectivity index (χ0) is 17.6. The molecule has 1 amide bonds. The fourth-order valence-electron chi connectivity index (χ4n) is 2.17. The molecule has 1 aliphatic rings. The van der Waals surface area contributed by atoms with Gasteiger partial charge in [0.05, 0.1) is 13.2 Å². The van der Waals surface area contributed by atoms with E-state index in [2.05, 4.69) is 10.1 Å². The highest BCUT2D eigenvalue weighted by molar-refractivity contribution is 5.82. The van der Waals surface area contributed by atoms with E-state index in [0.29, 0.717) is 6.42 Å². The van der Waals surface area contributed by atoms with Gasteiger partial charge in [0.1, 0.15) is 5.60 Å². The van der Waals surface area contributed by atoms with Gasteiger partial charge in [-0.1, -0.05) is 0 Å². The van der Waals surface area contributed by atoms with Gasteiger partial charge in [0, 0.05) is 13.0 Å². The van der Waals surface area contributed by atoms with E-state index in [1.54, 1.807) is 20.8 Å². The third-order valence-corrected chi connectivity index (χ3v) is 3.17. The summed E-state index contributed by atoms with van der Waals surface area (Å²) in [6, 6.07) is -1.22. The molecule has 1 saturated heterocycles. The largest absolute Gasteiger partial charge is 0.467 e. The highest BCUT2D eigenvalue weighted by atomic mass is 19.3. The third-order valence-electron chi connectivity index (χ3n) is 3.17. The van der Waals surface area contributed by atoms with Crippen molar-refractivity contribution in [3.05, 3.63) is 11.7 Å². The van der Waals surface area contributed by atoms with E-state index in [4.69, 9.17) is 9.47 Å².